The third kappa shape index (κ3) is 3.19. The van der Waals surface area contributed by atoms with Crippen LogP contribution in [-0.2, 0) is 42.1 Å². The first-order valence-electron chi connectivity index (χ1n) is 9.87. The molecule has 166 valence electrons. The number of benzene rings is 1. The fourth-order valence-electron chi connectivity index (χ4n) is 4.34. The zero-order chi connectivity index (χ0) is 22.7. The molecule has 1 atom stereocenters. The first-order chi connectivity index (χ1) is 15.2. The fourth-order valence-corrected chi connectivity index (χ4v) is 4.53. The first kappa shape index (κ1) is 21.0. The molecule has 0 fully saturated rings. The molecule has 0 aliphatic carbocycles. The number of ether oxygens (including phenoxy) is 2. The van der Waals surface area contributed by atoms with Gasteiger partial charge in [0.1, 0.15) is 6.61 Å². The van der Waals surface area contributed by atoms with Gasteiger partial charge in [-0.3, -0.25) is 4.79 Å². The summed E-state index contributed by atoms with van der Waals surface area (Å²) in [7, 11) is -5.32. The van der Waals surface area contributed by atoms with Crippen LogP contribution in [-0.4, -0.2) is 22.3 Å². The SMILES string of the molecule is CC[C@@]1(OCOP(=O)([O-])[O-])C(=O)OCc2c1cc1n(c2=O)Cc2cc3ccccc3nc2-1. The number of nitrogens with zero attached hydrogens (tertiary/aromatic N) is 2. The van der Waals surface area contributed by atoms with Crippen molar-refractivity contribution in [3.8, 4) is 11.4 Å². The van der Waals surface area contributed by atoms with Gasteiger partial charge < -0.3 is 32.9 Å². The van der Waals surface area contributed by atoms with Crippen LogP contribution in [0.3, 0.4) is 0 Å². The second-order valence-electron chi connectivity index (χ2n) is 7.60. The van der Waals surface area contributed by atoms with Gasteiger partial charge in [-0.05, 0) is 24.6 Å². The number of aromatic nitrogens is 2. The summed E-state index contributed by atoms with van der Waals surface area (Å²) < 4.78 is 27.2. The van der Waals surface area contributed by atoms with E-state index in [2.05, 4.69) is 4.52 Å². The summed E-state index contributed by atoms with van der Waals surface area (Å²) in [5, 5.41) is 0.943. The summed E-state index contributed by atoms with van der Waals surface area (Å²) in [6.45, 7) is 0.716. The molecule has 3 aromatic rings. The highest BCUT2D eigenvalue weighted by Crippen LogP contribution is 2.41. The van der Waals surface area contributed by atoms with E-state index in [1.54, 1.807) is 17.6 Å². The second kappa shape index (κ2) is 7.33. The highest BCUT2D eigenvalue weighted by atomic mass is 31.2. The van der Waals surface area contributed by atoms with Crippen molar-refractivity contribution in [2.75, 3.05) is 6.79 Å². The number of fused-ring (bicyclic) bond motifs is 5. The Morgan fingerprint density at radius 2 is 2.03 bits per heavy atom. The van der Waals surface area contributed by atoms with Gasteiger partial charge in [0.2, 0.25) is 0 Å². The van der Waals surface area contributed by atoms with Gasteiger partial charge in [-0.15, -0.1) is 0 Å². The maximum Gasteiger partial charge on any atom is 0.343 e. The molecule has 0 N–H and O–H groups in total. The Kier molecular flexibility index (Phi) is 4.81. The molecule has 0 radical (unpaired) electrons. The lowest BCUT2D eigenvalue weighted by atomic mass is 9.85. The Balaban J connectivity index is 1.67. The van der Waals surface area contributed by atoms with Gasteiger partial charge in [-0.25, -0.2) is 9.78 Å². The van der Waals surface area contributed by atoms with Crippen LogP contribution in [0.4, 0.5) is 0 Å². The Hall–Kier alpha value is -2.88. The normalized spacial score (nSPS) is 19.4. The predicted molar refractivity (Wildman–Crippen MR) is 107 cm³/mol. The number of carbonyl (C=O) groups excluding carboxylic acids is 1. The van der Waals surface area contributed by atoms with E-state index < -0.39 is 26.2 Å². The van der Waals surface area contributed by atoms with Gasteiger partial charge in [0.25, 0.3) is 5.56 Å². The molecule has 4 heterocycles. The van der Waals surface area contributed by atoms with Crippen LogP contribution in [0.5, 0.6) is 0 Å². The number of rotatable bonds is 5. The summed E-state index contributed by atoms with van der Waals surface area (Å²) in [6, 6.07) is 11.2. The van der Waals surface area contributed by atoms with E-state index >= 15 is 0 Å². The molecular formula is C21H17N2O8P-2. The van der Waals surface area contributed by atoms with Gasteiger partial charge in [0, 0.05) is 16.5 Å². The molecule has 11 heteroatoms. The number of pyridine rings is 2. The molecule has 0 saturated carbocycles. The number of phosphoric acid groups is 1. The van der Waals surface area contributed by atoms with Gasteiger partial charge in [-0.1, -0.05) is 25.1 Å². The second-order valence-corrected chi connectivity index (χ2v) is 8.75. The molecule has 2 aromatic heterocycles. The Labute approximate surface area is 181 Å². The number of phosphoric ester groups is 1. The third-order valence-electron chi connectivity index (χ3n) is 5.90. The Bertz CT molecular complexity index is 1380. The standard InChI is InChI=1S/C21H19N2O8P/c1-2-21(30-11-31-32(26,27)28)15-8-17-18-13(7-12-5-3-4-6-16(12)22-18)9-23(17)19(24)14(15)10-29-20(21)25/h3-8H,2,9-11H2,1H3,(H2,26,27,28)/p-2/t21-/m0/s1. The van der Waals surface area contributed by atoms with E-state index in [1.807, 2.05) is 30.3 Å². The van der Waals surface area contributed by atoms with Gasteiger partial charge >= 0.3 is 5.97 Å². The van der Waals surface area contributed by atoms with Crippen LogP contribution < -0.4 is 15.3 Å². The Morgan fingerprint density at radius 3 is 2.78 bits per heavy atom. The van der Waals surface area contributed by atoms with E-state index in [1.165, 1.54) is 0 Å². The minimum absolute atomic E-state index is 0.0190. The monoisotopic (exact) mass is 456 g/mol. The summed E-state index contributed by atoms with van der Waals surface area (Å²) in [6.07, 6.45) is 0.0190. The lowest BCUT2D eigenvalue weighted by Gasteiger charge is -2.37. The number of para-hydroxylation sites is 1. The van der Waals surface area contributed by atoms with E-state index in [0.29, 0.717) is 17.9 Å². The molecule has 0 amide bonds. The zero-order valence-corrected chi connectivity index (χ0v) is 17.8. The Morgan fingerprint density at radius 1 is 1.25 bits per heavy atom. The summed E-state index contributed by atoms with van der Waals surface area (Å²) >= 11 is 0. The van der Waals surface area contributed by atoms with Crippen molar-refractivity contribution in [1.29, 1.82) is 0 Å². The molecule has 0 bridgehead atoms. The lowest BCUT2D eigenvalue weighted by Crippen LogP contribution is -2.46. The summed E-state index contributed by atoms with van der Waals surface area (Å²) in [5.41, 5.74) is 1.09. The summed E-state index contributed by atoms with van der Waals surface area (Å²) in [4.78, 5) is 52.5. The molecule has 10 nitrogen and oxygen atoms in total. The molecule has 1 aromatic carbocycles. The minimum Gasteiger partial charge on any atom is -0.790 e. The van der Waals surface area contributed by atoms with Crippen molar-refractivity contribution in [2.24, 2.45) is 0 Å². The molecule has 2 aliphatic heterocycles. The van der Waals surface area contributed by atoms with Crippen molar-refractivity contribution in [3.05, 3.63) is 63.4 Å². The predicted octanol–water partition coefficient (Wildman–Crippen LogP) is 0.907. The van der Waals surface area contributed by atoms with Crippen LogP contribution >= 0.6 is 7.82 Å². The molecule has 32 heavy (non-hydrogen) atoms. The quantitative estimate of drug-likeness (QED) is 0.243. The van der Waals surface area contributed by atoms with E-state index in [9.17, 15) is 23.9 Å². The first-order valence-corrected chi connectivity index (χ1v) is 11.3. The number of hydrogen-bond donors (Lipinski definition) is 0. The van der Waals surface area contributed by atoms with Gasteiger partial charge in [0.15, 0.2) is 12.4 Å². The number of cyclic esters (lactones) is 1. The average Bonchev–Trinajstić information content (AvgIpc) is 3.11. The highest BCUT2D eigenvalue weighted by molar-refractivity contribution is 7.43. The molecular weight excluding hydrogens is 439 g/mol. The van der Waals surface area contributed by atoms with Crippen LogP contribution in [0, 0.1) is 0 Å². The number of hydrogen-bond acceptors (Lipinski definition) is 9. The van der Waals surface area contributed by atoms with Crippen LogP contribution in [0.25, 0.3) is 22.3 Å². The number of esters is 1. The van der Waals surface area contributed by atoms with Gasteiger partial charge in [0.05, 0.1) is 36.8 Å². The van der Waals surface area contributed by atoms with Crippen LogP contribution in [0.1, 0.15) is 30.0 Å². The molecule has 5 rings (SSSR count). The van der Waals surface area contributed by atoms with Crippen molar-refractivity contribution in [2.45, 2.75) is 32.1 Å². The van der Waals surface area contributed by atoms with Crippen LogP contribution in [0.2, 0.25) is 0 Å². The topological polar surface area (TPSA) is 143 Å². The fraction of sp³-hybridized carbons (Fsp3) is 0.286. The largest absolute Gasteiger partial charge is 0.790 e. The maximum atomic E-state index is 13.3. The molecule has 0 unspecified atom stereocenters. The van der Waals surface area contributed by atoms with Crippen molar-refractivity contribution in [3.63, 3.8) is 0 Å². The lowest BCUT2D eigenvalue weighted by molar-refractivity contribution is -0.348. The third-order valence-corrected chi connectivity index (χ3v) is 6.32. The molecule has 0 spiro atoms. The van der Waals surface area contributed by atoms with Crippen molar-refractivity contribution < 1.29 is 33.1 Å². The van der Waals surface area contributed by atoms with Crippen molar-refractivity contribution >= 4 is 24.7 Å². The maximum absolute atomic E-state index is 13.3. The van der Waals surface area contributed by atoms with E-state index in [4.69, 9.17) is 14.5 Å². The van der Waals surface area contributed by atoms with Crippen LogP contribution in [0.15, 0.2) is 41.2 Å². The van der Waals surface area contributed by atoms with Crippen molar-refractivity contribution in [1.82, 2.24) is 9.55 Å². The minimum atomic E-state index is -5.32. The van der Waals surface area contributed by atoms with Gasteiger partial charge in [-0.2, -0.15) is 0 Å². The highest BCUT2D eigenvalue weighted by Gasteiger charge is 2.48. The van der Waals surface area contributed by atoms with E-state index in [-0.39, 0.29) is 29.7 Å². The molecule has 0 saturated heterocycles. The number of carbonyl (C=O) groups is 1. The van der Waals surface area contributed by atoms with E-state index in [0.717, 1.165) is 16.5 Å². The summed E-state index contributed by atoms with van der Waals surface area (Å²) in [5.74, 6) is -0.795. The molecule has 2 aliphatic rings. The average molecular weight is 456 g/mol. The smallest absolute Gasteiger partial charge is 0.343 e. The zero-order valence-electron chi connectivity index (χ0n) is 16.9.